The van der Waals surface area contributed by atoms with Gasteiger partial charge in [0.15, 0.2) is 0 Å². The lowest BCUT2D eigenvalue weighted by molar-refractivity contribution is -0.142. The number of amides is 1. The molecule has 7 nitrogen and oxygen atoms in total. The van der Waals surface area contributed by atoms with E-state index in [0.29, 0.717) is 19.4 Å². The molecule has 0 bridgehead atoms. The molecule has 0 heterocycles. The molecule has 6 N–H and O–H groups in total. The molecule has 0 aromatic rings. The molecule has 0 spiro atoms. The first-order valence-electron chi connectivity index (χ1n) is 4.71. The van der Waals surface area contributed by atoms with Gasteiger partial charge in [-0.1, -0.05) is 0 Å². The first-order valence-corrected chi connectivity index (χ1v) is 4.71. The molecular formula is C8H17N3O4. The molecule has 0 aliphatic rings. The Hall–Kier alpha value is -1.18. The summed E-state index contributed by atoms with van der Waals surface area (Å²) in [6, 6.07) is -0.919. The van der Waals surface area contributed by atoms with E-state index < -0.39 is 17.9 Å². The van der Waals surface area contributed by atoms with E-state index >= 15 is 0 Å². The summed E-state index contributed by atoms with van der Waals surface area (Å²) in [6.45, 7) is 0.180. The Morgan fingerprint density at radius 1 is 1.33 bits per heavy atom. The van der Waals surface area contributed by atoms with Gasteiger partial charge in [-0.15, -0.1) is 0 Å². The zero-order valence-corrected chi connectivity index (χ0v) is 8.40. The van der Waals surface area contributed by atoms with Gasteiger partial charge >= 0.3 is 5.97 Å². The fraction of sp³-hybridized carbons (Fsp3) is 0.750. The first kappa shape index (κ1) is 13.8. The highest BCUT2D eigenvalue weighted by atomic mass is 16.5. The normalized spacial score (nSPS) is 12.1. The minimum absolute atomic E-state index is 0.319. The Kier molecular flexibility index (Phi) is 7.51. The summed E-state index contributed by atoms with van der Waals surface area (Å²) < 4.78 is 0. The third kappa shape index (κ3) is 6.83. The fourth-order valence-corrected chi connectivity index (χ4v) is 1.07. The largest absolute Gasteiger partial charge is 0.480 e. The zero-order chi connectivity index (χ0) is 11.7. The zero-order valence-electron chi connectivity index (χ0n) is 8.40. The van der Waals surface area contributed by atoms with Crippen LogP contribution >= 0.6 is 0 Å². The van der Waals surface area contributed by atoms with Crippen LogP contribution in [0.4, 0.5) is 0 Å². The third-order valence-electron chi connectivity index (χ3n) is 1.82. The fourth-order valence-electron chi connectivity index (χ4n) is 1.07. The van der Waals surface area contributed by atoms with Gasteiger partial charge in [-0.05, 0) is 25.8 Å². The number of hydroxylamine groups is 1. The number of nitrogens with one attached hydrogen (secondary N) is 2. The van der Waals surface area contributed by atoms with Crippen molar-refractivity contribution in [2.75, 3.05) is 13.1 Å². The maximum atomic E-state index is 11.0. The van der Waals surface area contributed by atoms with Crippen molar-refractivity contribution in [3.05, 3.63) is 0 Å². The van der Waals surface area contributed by atoms with Gasteiger partial charge in [0.05, 0.1) is 6.54 Å². The maximum absolute atomic E-state index is 11.0. The van der Waals surface area contributed by atoms with Gasteiger partial charge in [0.2, 0.25) is 5.91 Å². The van der Waals surface area contributed by atoms with Gasteiger partial charge in [0, 0.05) is 0 Å². The van der Waals surface area contributed by atoms with E-state index in [2.05, 4.69) is 5.32 Å². The van der Waals surface area contributed by atoms with Crippen LogP contribution in [0.15, 0.2) is 0 Å². The van der Waals surface area contributed by atoms with Crippen molar-refractivity contribution in [1.82, 2.24) is 10.8 Å². The second-order valence-electron chi connectivity index (χ2n) is 3.08. The number of unbranched alkanes of at least 4 members (excludes halogenated alkanes) is 1. The molecule has 0 aliphatic carbocycles. The van der Waals surface area contributed by atoms with Crippen LogP contribution in [0.25, 0.3) is 0 Å². The molecule has 0 aromatic heterocycles. The van der Waals surface area contributed by atoms with Gasteiger partial charge < -0.3 is 21.4 Å². The Morgan fingerprint density at radius 3 is 2.47 bits per heavy atom. The smallest absolute Gasteiger partial charge is 0.326 e. The van der Waals surface area contributed by atoms with Gasteiger partial charge in [-0.25, -0.2) is 4.79 Å². The summed E-state index contributed by atoms with van der Waals surface area (Å²) in [5.74, 6) is -1.64. The molecule has 1 amide bonds. The van der Waals surface area contributed by atoms with Crippen LogP contribution in [-0.2, 0) is 9.59 Å². The number of carboxylic acids is 1. The molecule has 88 valence electrons. The lowest BCUT2D eigenvalue weighted by Crippen LogP contribution is -2.44. The van der Waals surface area contributed by atoms with E-state index in [1.165, 1.54) is 0 Å². The molecule has 0 rings (SSSR count). The summed E-state index contributed by atoms with van der Waals surface area (Å²) >= 11 is 0. The highest BCUT2D eigenvalue weighted by molar-refractivity contribution is 5.84. The van der Waals surface area contributed by atoms with Crippen molar-refractivity contribution < 1.29 is 19.9 Å². The van der Waals surface area contributed by atoms with Gasteiger partial charge in [-0.2, -0.15) is 5.48 Å². The van der Waals surface area contributed by atoms with E-state index in [1.54, 1.807) is 5.48 Å². The van der Waals surface area contributed by atoms with E-state index in [-0.39, 0.29) is 6.54 Å². The van der Waals surface area contributed by atoms with Crippen LogP contribution < -0.4 is 16.5 Å². The van der Waals surface area contributed by atoms with Crippen molar-refractivity contribution in [3.63, 3.8) is 0 Å². The van der Waals surface area contributed by atoms with Gasteiger partial charge in [0.25, 0.3) is 0 Å². The van der Waals surface area contributed by atoms with Crippen molar-refractivity contribution in [2.45, 2.75) is 25.3 Å². The highest BCUT2D eigenvalue weighted by Gasteiger charge is 2.18. The van der Waals surface area contributed by atoms with Crippen molar-refractivity contribution in [3.8, 4) is 0 Å². The summed E-state index contributed by atoms with van der Waals surface area (Å²) in [5.41, 5.74) is 6.92. The summed E-state index contributed by atoms with van der Waals surface area (Å²) in [7, 11) is 0. The van der Waals surface area contributed by atoms with E-state index in [9.17, 15) is 9.59 Å². The van der Waals surface area contributed by atoms with Crippen molar-refractivity contribution in [2.24, 2.45) is 5.73 Å². The lowest BCUT2D eigenvalue weighted by atomic mass is 10.1. The number of nitrogens with two attached hydrogens (primary N) is 1. The number of carboxylic acid groups (broad SMARTS) is 1. The van der Waals surface area contributed by atoms with E-state index in [4.69, 9.17) is 16.0 Å². The van der Waals surface area contributed by atoms with Crippen LogP contribution in [0.1, 0.15) is 19.3 Å². The van der Waals surface area contributed by atoms with Gasteiger partial charge in [0.1, 0.15) is 6.04 Å². The Labute approximate surface area is 87.6 Å². The molecule has 1 atom stereocenters. The molecule has 0 saturated carbocycles. The highest BCUT2D eigenvalue weighted by Crippen LogP contribution is 2.00. The molecule has 0 fully saturated rings. The monoisotopic (exact) mass is 219 g/mol. The first-order chi connectivity index (χ1) is 7.11. The minimum atomic E-state index is -1.08. The molecule has 0 aromatic carbocycles. The van der Waals surface area contributed by atoms with E-state index in [0.717, 1.165) is 6.42 Å². The molecule has 15 heavy (non-hydrogen) atoms. The number of aliphatic carboxylic acids is 1. The number of rotatable bonds is 8. The predicted octanol–water partition coefficient (Wildman–Crippen LogP) is -1.34. The Morgan fingerprint density at radius 2 is 2.00 bits per heavy atom. The standard InChI is InChI=1S/C8H17N3O4/c9-4-2-1-3-6(8(13)14)11-7(12)5-10-15/h6,10,15H,1-5,9H2,(H,11,12)(H,13,14)/t6-/m0/s1. The second-order valence-corrected chi connectivity index (χ2v) is 3.08. The quantitative estimate of drug-likeness (QED) is 0.254. The van der Waals surface area contributed by atoms with Crippen LogP contribution in [0.3, 0.4) is 0 Å². The average Bonchev–Trinajstić information content (AvgIpc) is 2.16. The molecule has 0 radical (unpaired) electrons. The van der Waals surface area contributed by atoms with Crippen LogP contribution in [0.5, 0.6) is 0 Å². The molecule has 0 unspecified atom stereocenters. The van der Waals surface area contributed by atoms with Crippen molar-refractivity contribution >= 4 is 11.9 Å². The Balaban J connectivity index is 3.93. The number of carbonyl (C=O) groups excluding carboxylic acids is 1. The molecule has 7 heteroatoms. The lowest BCUT2D eigenvalue weighted by Gasteiger charge is -2.13. The topological polar surface area (TPSA) is 125 Å². The van der Waals surface area contributed by atoms with Gasteiger partial charge in [-0.3, -0.25) is 4.79 Å². The van der Waals surface area contributed by atoms with Crippen LogP contribution in [0, 0.1) is 0 Å². The predicted molar refractivity (Wildman–Crippen MR) is 52.3 cm³/mol. The molecule has 0 aliphatic heterocycles. The molecular weight excluding hydrogens is 202 g/mol. The summed E-state index contributed by atoms with van der Waals surface area (Å²) in [5, 5.41) is 19.3. The maximum Gasteiger partial charge on any atom is 0.326 e. The second kappa shape index (κ2) is 8.16. The minimum Gasteiger partial charge on any atom is -0.480 e. The van der Waals surface area contributed by atoms with Crippen LogP contribution in [0.2, 0.25) is 0 Å². The number of carbonyl (C=O) groups is 2. The van der Waals surface area contributed by atoms with Crippen LogP contribution in [-0.4, -0.2) is 41.3 Å². The summed E-state index contributed by atoms with van der Waals surface area (Å²) in [6.07, 6.45) is 1.70. The number of hydrogen-bond donors (Lipinski definition) is 5. The molecule has 0 saturated heterocycles. The van der Waals surface area contributed by atoms with E-state index in [1.807, 2.05) is 0 Å². The van der Waals surface area contributed by atoms with Crippen molar-refractivity contribution in [1.29, 1.82) is 0 Å². The average molecular weight is 219 g/mol. The Bertz CT molecular complexity index is 210. The SMILES string of the molecule is NCCCC[C@H](NC(=O)CNO)C(=O)O. The third-order valence-corrected chi connectivity index (χ3v) is 1.82. The summed E-state index contributed by atoms with van der Waals surface area (Å²) in [4.78, 5) is 21.7. The number of hydrogen-bond acceptors (Lipinski definition) is 5.